The molecule has 114 valence electrons. The molecule has 0 aliphatic heterocycles. The maximum absolute atomic E-state index is 3.20. The smallest absolute Gasteiger partial charge is 0.0525 e. The second-order valence-electron chi connectivity index (χ2n) is 5.61. The first-order valence-corrected chi connectivity index (χ1v) is 9.37. The van der Waals surface area contributed by atoms with Crippen LogP contribution in [0.15, 0.2) is 36.4 Å². The Labute approximate surface area is 155 Å². The maximum atomic E-state index is 3.20. The van der Waals surface area contributed by atoms with Crippen molar-refractivity contribution in [1.82, 2.24) is 0 Å². The minimum absolute atomic E-state index is 1.10. The van der Waals surface area contributed by atoms with E-state index < -0.39 is 0 Å². The van der Waals surface area contributed by atoms with Crippen LogP contribution in [0.2, 0.25) is 0 Å². The Hall–Kier alpha value is -1.33. The van der Waals surface area contributed by atoms with E-state index in [4.69, 9.17) is 0 Å². The van der Waals surface area contributed by atoms with E-state index in [1.165, 1.54) is 57.6 Å². The van der Waals surface area contributed by atoms with Gasteiger partial charge in [0.25, 0.3) is 0 Å². The third-order valence-corrected chi connectivity index (χ3v) is 3.96. The van der Waals surface area contributed by atoms with Crippen molar-refractivity contribution < 1.29 is 24.2 Å². The molecule has 0 N–H and O–H groups in total. The minimum Gasteiger partial charge on any atom is -0.147 e. The van der Waals surface area contributed by atoms with Crippen molar-refractivity contribution >= 4 is 15.9 Å². The van der Waals surface area contributed by atoms with E-state index in [1.54, 1.807) is 0 Å². The van der Waals surface area contributed by atoms with Crippen molar-refractivity contribution in [2.24, 2.45) is 0 Å². The summed E-state index contributed by atoms with van der Waals surface area (Å²) in [6.45, 7) is 6.34. The molecule has 0 bridgehead atoms. The Morgan fingerprint density at radius 1 is 0.870 bits per heavy atom. The van der Waals surface area contributed by atoms with Crippen molar-refractivity contribution in [3.05, 3.63) is 81.9 Å². The average molecular weight is 378 g/mol. The standard InChI is InChI=1S/2C10H9.C2H4.Zr/c2*1-8-4-2-5-9-6-3-7-10(8)9;1-2;/h2*2-4,6H,7H2,1H3;1H,2H3;/q2*-1;;+2. The summed E-state index contributed by atoms with van der Waals surface area (Å²) >= 11 is 1.51. The van der Waals surface area contributed by atoms with Gasteiger partial charge in [0.2, 0.25) is 0 Å². The molecule has 0 unspecified atom stereocenters. The van der Waals surface area contributed by atoms with Crippen LogP contribution in [0.1, 0.15) is 40.3 Å². The second kappa shape index (κ2) is 9.09. The van der Waals surface area contributed by atoms with Crippen LogP contribution in [0.5, 0.6) is 0 Å². The fourth-order valence-electron chi connectivity index (χ4n) is 2.74. The number of hydrogen-bond acceptors (Lipinski definition) is 0. The van der Waals surface area contributed by atoms with Crippen LogP contribution in [0.4, 0.5) is 0 Å². The van der Waals surface area contributed by atoms with Gasteiger partial charge in [0.15, 0.2) is 0 Å². The van der Waals surface area contributed by atoms with Crippen molar-refractivity contribution in [1.29, 1.82) is 0 Å². The van der Waals surface area contributed by atoms with Crippen LogP contribution in [0, 0.1) is 26.0 Å². The molecule has 0 saturated carbocycles. The third-order valence-electron chi connectivity index (χ3n) is 3.96. The molecule has 0 amide bonds. The van der Waals surface area contributed by atoms with Crippen LogP contribution >= 0.6 is 0 Å². The van der Waals surface area contributed by atoms with Gasteiger partial charge in [-0.25, -0.2) is 0 Å². The molecule has 2 aliphatic rings. The molecular formula is C22H22Zr. The summed E-state index contributed by atoms with van der Waals surface area (Å²) in [6.07, 6.45) is 10.9. The van der Waals surface area contributed by atoms with E-state index in [-0.39, 0.29) is 0 Å². The molecule has 0 aromatic heterocycles. The Balaban J connectivity index is 0.000000143. The summed E-state index contributed by atoms with van der Waals surface area (Å²) in [4.78, 5) is 0. The number of hydrogen-bond donors (Lipinski definition) is 0. The molecule has 4 rings (SSSR count). The van der Waals surface area contributed by atoms with Crippen LogP contribution in [0.3, 0.4) is 0 Å². The molecule has 0 nitrogen and oxygen atoms in total. The van der Waals surface area contributed by atoms with Crippen molar-refractivity contribution in [3.8, 4) is 0 Å². The summed E-state index contributed by atoms with van der Waals surface area (Å²) in [6, 6.07) is 14.6. The fraction of sp³-hybridized carbons (Fsp3) is 0.227. The topological polar surface area (TPSA) is 0 Å². The van der Waals surface area contributed by atoms with Crippen LogP contribution in [-0.4, -0.2) is 3.71 Å². The van der Waals surface area contributed by atoms with E-state index in [9.17, 15) is 0 Å². The fourth-order valence-corrected chi connectivity index (χ4v) is 2.74. The predicted octanol–water partition coefficient (Wildman–Crippen LogP) is 5.08. The van der Waals surface area contributed by atoms with E-state index >= 15 is 0 Å². The zero-order chi connectivity index (χ0) is 16.7. The number of benzene rings is 2. The molecule has 2 aliphatic carbocycles. The molecule has 0 heterocycles. The SMILES string of the molecule is C[CH]=[Zr+2].Cc1cc[c-]c2c1CC=C2.Cc1cc[c-]c2c1CC=C2. The molecule has 0 fully saturated rings. The van der Waals surface area contributed by atoms with Gasteiger partial charge in [-0.3, -0.25) is 0 Å². The third kappa shape index (κ3) is 4.82. The maximum Gasteiger partial charge on any atom is -0.0525 e. The van der Waals surface area contributed by atoms with Crippen molar-refractivity contribution in [2.75, 3.05) is 0 Å². The quantitative estimate of drug-likeness (QED) is 0.561. The van der Waals surface area contributed by atoms with Crippen LogP contribution in [0.25, 0.3) is 12.2 Å². The molecule has 2 aromatic carbocycles. The van der Waals surface area contributed by atoms with Crippen LogP contribution < -0.4 is 0 Å². The van der Waals surface area contributed by atoms with E-state index in [2.05, 4.69) is 66.1 Å². The first-order valence-electron chi connectivity index (χ1n) is 7.96. The molecule has 0 atom stereocenters. The van der Waals surface area contributed by atoms with Gasteiger partial charge in [-0.1, -0.05) is 26.7 Å². The van der Waals surface area contributed by atoms with Gasteiger partial charge < -0.3 is 0 Å². The van der Waals surface area contributed by atoms with Crippen LogP contribution in [-0.2, 0) is 37.1 Å². The summed E-state index contributed by atoms with van der Waals surface area (Å²) in [5.74, 6) is 0. The normalized spacial score (nSPS) is 12.6. The number of aryl methyl sites for hydroxylation is 2. The Kier molecular flexibility index (Phi) is 7.12. The Bertz CT molecular complexity index is 674. The summed E-state index contributed by atoms with van der Waals surface area (Å²) in [5.41, 5.74) is 8.22. The molecule has 0 saturated heterocycles. The minimum atomic E-state index is 1.10. The molecular weight excluding hydrogens is 355 g/mol. The monoisotopic (exact) mass is 376 g/mol. The molecule has 0 spiro atoms. The van der Waals surface area contributed by atoms with Gasteiger partial charge in [-0.2, -0.15) is 0 Å². The van der Waals surface area contributed by atoms with Crippen molar-refractivity contribution in [3.63, 3.8) is 0 Å². The Morgan fingerprint density at radius 2 is 1.26 bits per heavy atom. The van der Waals surface area contributed by atoms with Gasteiger partial charge >= 0.3 is 34.9 Å². The molecule has 2 aromatic rings. The summed E-state index contributed by atoms with van der Waals surface area (Å²) in [5, 5.41) is 0. The Morgan fingerprint density at radius 3 is 1.61 bits per heavy atom. The first-order chi connectivity index (χ1) is 11.2. The van der Waals surface area contributed by atoms with E-state index in [1.807, 2.05) is 19.1 Å². The number of fused-ring (bicyclic) bond motifs is 2. The summed E-state index contributed by atoms with van der Waals surface area (Å²) in [7, 11) is 0. The molecule has 1 heteroatoms. The van der Waals surface area contributed by atoms with Gasteiger partial charge in [0.05, 0.1) is 0 Å². The van der Waals surface area contributed by atoms with Crippen molar-refractivity contribution in [2.45, 2.75) is 33.6 Å². The number of allylic oxidation sites excluding steroid dienone is 2. The second-order valence-corrected chi connectivity index (χ2v) is 7.03. The van der Waals surface area contributed by atoms with Gasteiger partial charge in [-0.15, -0.1) is 94.1 Å². The molecule has 23 heavy (non-hydrogen) atoms. The van der Waals surface area contributed by atoms with E-state index in [0.717, 1.165) is 12.8 Å². The van der Waals surface area contributed by atoms with Gasteiger partial charge in [0, 0.05) is 0 Å². The zero-order valence-electron chi connectivity index (χ0n) is 14.1. The van der Waals surface area contributed by atoms with Gasteiger partial charge in [0.1, 0.15) is 0 Å². The van der Waals surface area contributed by atoms with E-state index in [0.29, 0.717) is 0 Å². The summed E-state index contributed by atoms with van der Waals surface area (Å²) < 4.78 is 2.09. The first kappa shape index (κ1) is 18.0. The molecule has 0 radical (unpaired) electrons. The zero-order valence-corrected chi connectivity index (χ0v) is 16.6. The van der Waals surface area contributed by atoms with Gasteiger partial charge in [-0.05, 0) is 0 Å². The largest absolute Gasteiger partial charge is 0.147 e. The predicted molar refractivity (Wildman–Crippen MR) is 97.2 cm³/mol. The number of rotatable bonds is 0. The average Bonchev–Trinajstić information content (AvgIpc) is 3.18.